The largest absolute Gasteiger partial charge is 0.314 e. The topological polar surface area (TPSA) is 60.7 Å². The van der Waals surface area contributed by atoms with Crippen LogP contribution in [-0.4, -0.2) is 19.5 Å². The highest BCUT2D eigenvalue weighted by atomic mass is 128. The summed E-state index contributed by atoms with van der Waals surface area (Å²) in [6, 6.07) is 7.91. The molecule has 0 N–H and O–H groups in total. The third kappa shape index (κ3) is 6.19. The summed E-state index contributed by atoms with van der Waals surface area (Å²) >= 11 is 5.75. The van der Waals surface area contributed by atoms with E-state index in [1.807, 2.05) is 53.7 Å². The van der Waals surface area contributed by atoms with Crippen molar-refractivity contribution < 1.29 is 0 Å². The zero-order valence-corrected chi connectivity index (χ0v) is 22.4. The highest BCUT2D eigenvalue weighted by Crippen LogP contribution is 2.26. The highest BCUT2D eigenvalue weighted by molar-refractivity contribution is 15.0. The molecular formula is C23H22I2N4OS. The quantitative estimate of drug-likeness (QED) is 0.224. The van der Waals surface area contributed by atoms with Gasteiger partial charge in [-0.25, -0.2) is 4.98 Å². The van der Waals surface area contributed by atoms with Crippen molar-refractivity contribution >= 4 is 48.6 Å². The number of aryl methyl sites for hydroxylation is 4. The Morgan fingerprint density at radius 2 is 1.77 bits per heavy atom. The molecule has 160 valence electrons. The minimum Gasteiger partial charge on any atom is -0.314 e. The van der Waals surface area contributed by atoms with Crippen LogP contribution in [0.5, 0.6) is 0 Å². The molecule has 0 spiro atoms. The molecule has 4 aromatic rings. The molecule has 0 saturated carbocycles. The van der Waals surface area contributed by atoms with Gasteiger partial charge in [0, 0.05) is 85.8 Å². The zero-order chi connectivity index (χ0) is 22.2. The summed E-state index contributed by atoms with van der Waals surface area (Å²) in [5.74, 6) is 0. The van der Waals surface area contributed by atoms with Crippen molar-refractivity contribution in [1.82, 2.24) is 19.5 Å². The van der Waals surface area contributed by atoms with Gasteiger partial charge in [-0.2, -0.15) is 0 Å². The molecule has 4 aromatic heterocycles. The fourth-order valence-electron chi connectivity index (χ4n) is 3.36. The Morgan fingerprint density at radius 3 is 2.45 bits per heavy atom. The van der Waals surface area contributed by atoms with Crippen LogP contribution in [0.4, 0.5) is 0 Å². The van der Waals surface area contributed by atoms with E-state index in [-0.39, 0.29) is 5.56 Å². The lowest BCUT2D eigenvalue weighted by Crippen LogP contribution is -2.22. The molecular weight excluding hydrogens is 634 g/mol. The number of rotatable bonds is 6. The molecule has 5 nitrogen and oxygen atoms in total. The number of aromatic nitrogens is 4. The second-order valence-corrected chi connectivity index (χ2v) is 7.93. The number of hydrogen-bond acceptors (Lipinski definition) is 5. The number of thiazole rings is 1. The number of hydrogen-bond donors (Lipinski definition) is 0. The van der Waals surface area contributed by atoms with Gasteiger partial charge in [-0.1, -0.05) is 0 Å². The van der Waals surface area contributed by atoms with E-state index < -0.39 is 0 Å². The molecule has 4 heterocycles. The maximum Gasteiger partial charge on any atom is 0.260 e. The molecule has 0 bridgehead atoms. The molecule has 0 aromatic carbocycles. The molecule has 0 aliphatic rings. The van der Waals surface area contributed by atoms with E-state index in [0.29, 0.717) is 12.1 Å². The number of halogens is 2. The van der Waals surface area contributed by atoms with Crippen LogP contribution in [0.15, 0.2) is 65.4 Å². The molecule has 0 atom stereocenters. The molecule has 0 amide bonds. The van der Waals surface area contributed by atoms with Crippen LogP contribution < -0.4 is 5.56 Å². The maximum absolute atomic E-state index is 13.2. The first-order valence-electron chi connectivity index (χ1n) is 9.73. The van der Waals surface area contributed by atoms with Gasteiger partial charge in [0.2, 0.25) is 0 Å². The van der Waals surface area contributed by atoms with E-state index in [4.69, 9.17) is 0 Å². The molecule has 31 heavy (non-hydrogen) atoms. The fourth-order valence-corrected chi connectivity index (χ4v) is 4.16. The zero-order valence-electron chi connectivity index (χ0n) is 17.3. The lowest BCUT2D eigenvalue weighted by Gasteiger charge is -2.12. The van der Waals surface area contributed by atoms with E-state index in [1.54, 1.807) is 12.4 Å². The molecule has 0 unspecified atom stereocenters. The van der Waals surface area contributed by atoms with Gasteiger partial charge in [-0.15, -0.1) is 11.3 Å². The summed E-state index contributed by atoms with van der Waals surface area (Å²) in [6.45, 7) is 4.67. The van der Waals surface area contributed by atoms with E-state index in [1.165, 1.54) is 22.5 Å². The van der Waals surface area contributed by atoms with Gasteiger partial charge in [0.05, 0.1) is 5.56 Å². The minimum atomic E-state index is 0.00334. The van der Waals surface area contributed by atoms with E-state index in [9.17, 15) is 4.79 Å². The van der Waals surface area contributed by atoms with Gasteiger partial charge >= 0.3 is 0 Å². The summed E-state index contributed by atoms with van der Waals surface area (Å²) in [5.41, 5.74) is 6.07. The Labute approximate surface area is 209 Å². The summed E-state index contributed by atoms with van der Waals surface area (Å²) < 4.78 is 1.82. The third-order valence-electron chi connectivity index (χ3n) is 4.93. The van der Waals surface area contributed by atoms with Crippen LogP contribution >= 0.6 is 48.6 Å². The Kier molecular flexibility index (Phi) is 9.15. The minimum absolute atomic E-state index is 0.00334. The van der Waals surface area contributed by atoms with Gasteiger partial charge in [0.1, 0.15) is 5.01 Å². The van der Waals surface area contributed by atoms with Crippen LogP contribution in [0.2, 0.25) is 0 Å². The van der Waals surface area contributed by atoms with Crippen LogP contribution in [-0.2, 0) is 13.0 Å². The molecule has 0 aliphatic heterocycles. The predicted octanol–water partition coefficient (Wildman–Crippen LogP) is 6.45. The third-order valence-corrected chi connectivity index (χ3v) is 5.92. The first-order valence-corrected chi connectivity index (χ1v) is 16.9. The van der Waals surface area contributed by atoms with Crippen molar-refractivity contribution in [1.29, 1.82) is 0 Å². The molecule has 4 rings (SSSR count). The van der Waals surface area contributed by atoms with Gasteiger partial charge in [0.15, 0.2) is 0 Å². The van der Waals surface area contributed by atoms with Crippen LogP contribution in [0.25, 0.3) is 21.7 Å². The van der Waals surface area contributed by atoms with E-state index in [2.05, 4.69) is 65.2 Å². The Balaban J connectivity index is 0.00000132. The first kappa shape index (κ1) is 24.0. The summed E-state index contributed by atoms with van der Waals surface area (Å²) in [7, 11) is 0. The fraction of sp³-hybridized carbons (Fsp3) is 0.217. The number of pyridine rings is 3. The Morgan fingerprint density at radius 1 is 1.03 bits per heavy atom. The predicted molar refractivity (Wildman–Crippen MR) is 145 cm³/mol. The average molecular weight is 656 g/mol. The van der Waals surface area contributed by atoms with Gasteiger partial charge in [-0.3, -0.25) is 14.8 Å². The summed E-state index contributed by atoms with van der Waals surface area (Å²) in [5, 5.41) is 2.74. The van der Waals surface area contributed by atoms with Crippen molar-refractivity contribution in [2.45, 2.75) is 33.2 Å². The van der Waals surface area contributed by atoms with Crippen molar-refractivity contribution in [2.24, 2.45) is 0 Å². The number of nitrogens with zero attached hydrogens (tertiary/aromatic N) is 4. The van der Waals surface area contributed by atoms with Gasteiger partial charge < -0.3 is 4.57 Å². The molecule has 0 radical (unpaired) electrons. The summed E-state index contributed by atoms with van der Waals surface area (Å²) in [6.07, 6.45) is 11.0. The van der Waals surface area contributed by atoms with Crippen LogP contribution in [0.1, 0.15) is 23.2 Å². The van der Waals surface area contributed by atoms with Crippen LogP contribution in [0, 0.1) is 13.8 Å². The van der Waals surface area contributed by atoms with Gasteiger partial charge in [0.25, 0.3) is 5.56 Å². The van der Waals surface area contributed by atoms with Crippen molar-refractivity contribution in [2.75, 3.05) is 0 Å². The lowest BCUT2D eigenvalue weighted by molar-refractivity contribution is 0.623. The normalized spacial score (nSPS) is 10.5. The Bertz CT molecular complexity index is 1190. The van der Waals surface area contributed by atoms with Crippen molar-refractivity contribution in [3.63, 3.8) is 0 Å². The van der Waals surface area contributed by atoms with Crippen molar-refractivity contribution in [3.8, 4) is 21.7 Å². The smallest absolute Gasteiger partial charge is 0.260 e. The maximum atomic E-state index is 13.2. The standard InChI is InChI=1S/C23H22N4OS.I2/c1-16-13-25-10-5-18(16)4-3-11-27-14-20(19-6-8-24-9-7-19)12-21(23(27)28)22-26-17(2)15-29-22;1-2/h5-10,12-15H,3-4,11H2,1-2H3;. The van der Waals surface area contributed by atoms with E-state index >= 15 is 0 Å². The Hall–Kier alpha value is -1.66. The SMILES string of the molecule is Cc1csc(-c2cc(-c3ccncc3)cn(CCCc3ccncc3C)c2=O)n1.II. The second-order valence-electron chi connectivity index (χ2n) is 7.08. The molecule has 8 heteroatoms. The second kappa shape index (κ2) is 11.8. The van der Waals surface area contributed by atoms with Crippen molar-refractivity contribution in [3.05, 3.63) is 87.8 Å². The van der Waals surface area contributed by atoms with Gasteiger partial charge in [-0.05, 0) is 73.2 Å². The lowest BCUT2D eigenvalue weighted by atomic mass is 10.1. The molecule has 0 fully saturated rings. The molecule has 0 saturated heterocycles. The summed E-state index contributed by atoms with van der Waals surface area (Å²) in [4.78, 5) is 26.0. The van der Waals surface area contributed by atoms with E-state index in [0.717, 1.165) is 34.7 Å². The van der Waals surface area contributed by atoms with Crippen LogP contribution in [0.3, 0.4) is 0 Å². The molecule has 0 aliphatic carbocycles. The highest BCUT2D eigenvalue weighted by Gasteiger charge is 2.13. The average Bonchev–Trinajstić information content (AvgIpc) is 3.24. The first-order chi connectivity index (χ1) is 15.1. The monoisotopic (exact) mass is 656 g/mol.